The van der Waals surface area contributed by atoms with Crippen LogP contribution in [0.4, 0.5) is 0 Å². The predicted molar refractivity (Wildman–Crippen MR) is 168 cm³/mol. The van der Waals surface area contributed by atoms with Gasteiger partial charge in [-0.1, -0.05) is 141 Å². The average molecular weight is 505 g/mol. The first kappa shape index (κ1) is 31.7. The molecule has 0 heterocycles. The molecule has 37 heavy (non-hydrogen) atoms. The third-order valence-electron chi connectivity index (χ3n) is 8.62. The molecule has 0 aromatic heterocycles. The van der Waals surface area contributed by atoms with Crippen molar-refractivity contribution in [3.63, 3.8) is 0 Å². The van der Waals surface area contributed by atoms with Gasteiger partial charge < -0.3 is 0 Å². The molecule has 0 saturated heterocycles. The fourth-order valence-electron chi connectivity index (χ4n) is 6.23. The Morgan fingerprint density at radius 1 is 0.730 bits per heavy atom. The predicted octanol–water partition coefficient (Wildman–Crippen LogP) is 10.5. The summed E-state index contributed by atoms with van der Waals surface area (Å²) in [5.74, 6) is 2.06. The third kappa shape index (κ3) is 9.92. The standard InChI is InChI=1S/C37H60/c1-8-13-16-17-20-30(7)22-25-34-32(12-5)33(21-15-10-3)35(26-23-29(6)19-14-9-2)37-28-31(18-11-4)24-27-36(34)37/h12,15,21,24,27-30,33H,8-11,13-14,16-20,22-23,25-26H2,1-7H3/b21-15?,32-12+. The average Bonchev–Trinajstić information content (AvgIpc) is 2.90. The van der Waals surface area contributed by atoms with Crippen molar-refractivity contribution in [3.8, 4) is 0 Å². The zero-order chi connectivity index (χ0) is 27.0. The summed E-state index contributed by atoms with van der Waals surface area (Å²) in [5.41, 5.74) is 6.43. The van der Waals surface area contributed by atoms with Crippen molar-refractivity contribution in [1.29, 1.82) is 0 Å². The molecule has 0 amide bonds. The smallest absolute Gasteiger partial charge is 0.0237 e. The maximum atomic E-state index is 2.58. The minimum Gasteiger partial charge on any atom is -0.0879 e. The molecule has 1 aromatic carbocycles. The first-order valence-electron chi connectivity index (χ1n) is 16.2. The molecule has 0 N–H and O–H groups in total. The fraction of sp³-hybridized carbons (Fsp3) is 0.676. The van der Waals surface area contributed by atoms with E-state index in [1.54, 1.807) is 27.2 Å². The van der Waals surface area contributed by atoms with Crippen LogP contribution in [0.1, 0.15) is 144 Å². The molecule has 3 unspecified atom stereocenters. The van der Waals surface area contributed by atoms with Gasteiger partial charge in [0.1, 0.15) is 0 Å². The molecule has 3 atom stereocenters. The van der Waals surface area contributed by atoms with Gasteiger partial charge in [-0.15, -0.1) is 0 Å². The van der Waals surface area contributed by atoms with E-state index in [1.165, 1.54) is 95.5 Å². The van der Waals surface area contributed by atoms with Gasteiger partial charge in [-0.3, -0.25) is 0 Å². The van der Waals surface area contributed by atoms with Gasteiger partial charge in [0.2, 0.25) is 0 Å². The molecular weight excluding hydrogens is 444 g/mol. The van der Waals surface area contributed by atoms with Gasteiger partial charge in [0.05, 0.1) is 0 Å². The Bertz CT molecular complexity index is 956. The number of rotatable bonds is 18. The highest BCUT2D eigenvalue weighted by Gasteiger charge is 2.25. The van der Waals surface area contributed by atoms with Crippen LogP contribution in [0.25, 0.3) is 11.1 Å². The molecule has 0 nitrogen and oxygen atoms in total. The number of hydrogen-bond donors (Lipinski definition) is 0. The van der Waals surface area contributed by atoms with Crippen molar-refractivity contribution in [2.75, 3.05) is 0 Å². The zero-order valence-corrected chi connectivity index (χ0v) is 25.8. The Kier molecular flexibility index (Phi) is 15.3. The zero-order valence-electron chi connectivity index (χ0n) is 25.8. The molecule has 0 heteroatoms. The summed E-state index contributed by atoms with van der Waals surface area (Å²) in [6, 6.07) is 7.50. The quantitative estimate of drug-likeness (QED) is 0.138. The fourth-order valence-corrected chi connectivity index (χ4v) is 6.23. The summed E-state index contributed by atoms with van der Waals surface area (Å²) in [6.45, 7) is 16.5. The molecule has 0 fully saturated rings. The van der Waals surface area contributed by atoms with E-state index in [0.717, 1.165) is 18.3 Å². The molecule has 1 aliphatic rings. The minimum atomic E-state index is 0.447. The highest BCUT2D eigenvalue weighted by molar-refractivity contribution is 5.76. The van der Waals surface area contributed by atoms with E-state index in [4.69, 9.17) is 0 Å². The normalized spacial score (nSPS) is 18.6. The maximum Gasteiger partial charge on any atom is 0.0237 e. The van der Waals surface area contributed by atoms with Crippen molar-refractivity contribution in [1.82, 2.24) is 0 Å². The van der Waals surface area contributed by atoms with Crippen LogP contribution < -0.4 is 10.4 Å². The lowest BCUT2D eigenvalue weighted by atomic mass is 9.75. The highest BCUT2D eigenvalue weighted by Crippen LogP contribution is 2.37. The van der Waals surface area contributed by atoms with Crippen LogP contribution in [-0.4, -0.2) is 0 Å². The molecule has 0 spiro atoms. The van der Waals surface area contributed by atoms with Crippen LogP contribution in [0.3, 0.4) is 0 Å². The molecule has 0 radical (unpaired) electrons. The summed E-state index contributed by atoms with van der Waals surface area (Å²) in [7, 11) is 0. The lowest BCUT2D eigenvalue weighted by molar-refractivity contribution is 0.464. The summed E-state index contributed by atoms with van der Waals surface area (Å²) >= 11 is 0. The second-order valence-corrected chi connectivity index (χ2v) is 12.0. The number of unbranched alkanes of at least 4 members (excludes halogenated alkanes) is 4. The van der Waals surface area contributed by atoms with Crippen LogP contribution in [0.5, 0.6) is 0 Å². The molecule has 1 aromatic rings. The Hall–Kier alpha value is -1.56. The summed E-state index contributed by atoms with van der Waals surface area (Å²) in [5, 5.41) is 3.12. The molecule has 0 aliphatic heterocycles. The van der Waals surface area contributed by atoms with E-state index in [0.29, 0.717) is 5.92 Å². The Balaban J connectivity index is 2.52. The van der Waals surface area contributed by atoms with Crippen LogP contribution in [0.2, 0.25) is 0 Å². The van der Waals surface area contributed by atoms with Crippen molar-refractivity contribution in [2.45, 2.75) is 145 Å². The van der Waals surface area contributed by atoms with Crippen LogP contribution in [-0.2, 0) is 6.42 Å². The molecule has 0 bridgehead atoms. The monoisotopic (exact) mass is 504 g/mol. The molecule has 0 saturated carbocycles. The van der Waals surface area contributed by atoms with E-state index in [2.05, 4.69) is 84.9 Å². The number of benzene rings is 1. The van der Waals surface area contributed by atoms with Gasteiger partial charge in [-0.2, -0.15) is 0 Å². The highest BCUT2D eigenvalue weighted by atomic mass is 14.3. The van der Waals surface area contributed by atoms with E-state index in [1.807, 2.05) is 0 Å². The second kappa shape index (κ2) is 17.9. The van der Waals surface area contributed by atoms with E-state index in [9.17, 15) is 0 Å². The van der Waals surface area contributed by atoms with Crippen molar-refractivity contribution in [3.05, 3.63) is 58.0 Å². The first-order valence-corrected chi connectivity index (χ1v) is 16.2. The Morgan fingerprint density at radius 2 is 1.43 bits per heavy atom. The topological polar surface area (TPSA) is 0 Å². The lowest BCUT2D eigenvalue weighted by Gasteiger charge is -2.29. The minimum absolute atomic E-state index is 0.447. The van der Waals surface area contributed by atoms with Gasteiger partial charge in [-0.05, 0) is 84.4 Å². The van der Waals surface area contributed by atoms with Gasteiger partial charge in [0.25, 0.3) is 0 Å². The SMILES string of the molecule is C/C=C1/C(CCC(C)CCCCCC)=c2ccc(CCC)cc2=C(CCC(C)CCCC)C1C=CCC. The number of fused-ring (bicyclic) bond motifs is 1. The molecule has 2 rings (SSSR count). The first-order chi connectivity index (χ1) is 18.0. The summed E-state index contributed by atoms with van der Waals surface area (Å²) < 4.78 is 0. The molecular formula is C37H60. The maximum absolute atomic E-state index is 2.58. The van der Waals surface area contributed by atoms with Crippen LogP contribution in [0, 0.1) is 17.8 Å². The third-order valence-corrected chi connectivity index (χ3v) is 8.62. The second-order valence-electron chi connectivity index (χ2n) is 12.0. The lowest BCUT2D eigenvalue weighted by Crippen LogP contribution is -2.37. The molecule has 1 aliphatic carbocycles. The van der Waals surface area contributed by atoms with Crippen molar-refractivity contribution < 1.29 is 0 Å². The van der Waals surface area contributed by atoms with Crippen LogP contribution in [0.15, 0.2) is 42.0 Å². The largest absolute Gasteiger partial charge is 0.0879 e. The number of hydrogen-bond acceptors (Lipinski definition) is 0. The number of allylic oxidation sites excluding steroid dienone is 4. The van der Waals surface area contributed by atoms with E-state index in [-0.39, 0.29) is 0 Å². The summed E-state index contributed by atoms with van der Waals surface area (Å²) in [4.78, 5) is 0. The van der Waals surface area contributed by atoms with Crippen molar-refractivity contribution >= 4 is 11.1 Å². The van der Waals surface area contributed by atoms with Crippen molar-refractivity contribution in [2.24, 2.45) is 17.8 Å². The number of aryl methyl sites for hydroxylation is 1. The van der Waals surface area contributed by atoms with E-state index < -0.39 is 0 Å². The Morgan fingerprint density at radius 3 is 2.08 bits per heavy atom. The van der Waals surface area contributed by atoms with Gasteiger partial charge in [0.15, 0.2) is 0 Å². The van der Waals surface area contributed by atoms with Gasteiger partial charge in [0, 0.05) is 5.92 Å². The van der Waals surface area contributed by atoms with Crippen LogP contribution >= 0.6 is 0 Å². The van der Waals surface area contributed by atoms with E-state index >= 15 is 0 Å². The summed E-state index contributed by atoms with van der Waals surface area (Å²) in [6.07, 6.45) is 26.9. The van der Waals surface area contributed by atoms with Gasteiger partial charge >= 0.3 is 0 Å². The van der Waals surface area contributed by atoms with Gasteiger partial charge in [-0.25, -0.2) is 0 Å². The Labute approximate surface area is 231 Å². The molecule has 208 valence electrons.